The first-order valence-corrected chi connectivity index (χ1v) is 9.65. The molecule has 1 spiro atoms. The van der Waals surface area contributed by atoms with E-state index in [2.05, 4.69) is 23.2 Å². The summed E-state index contributed by atoms with van der Waals surface area (Å²) in [5.41, 5.74) is 2.11. The summed E-state index contributed by atoms with van der Waals surface area (Å²) in [6.45, 7) is 3.79. The van der Waals surface area contributed by atoms with Gasteiger partial charge in [-0.05, 0) is 37.9 Å². The van der Waals surface area contributed by atoms with Gasteiger partial charge >= 0.3 is 5.97 Å². The fourth-order valence-electron chi connectivity index (χ4n) is 5.77. The Labute approximate surface area is 158 Å². The number of carbonyl (C=O) groups excluding carboxylic acids is 2. The molecule has 1 N–H and O–H groups in total. The van der Waals surface area contributed by atoms with E-state index in [4.69, 9.17) is 9.47 Å². The summed E-state index contributed by atoms with van der Waals surface area (Å²) in [5.74, 6) is 0.0558. The molecule has 0 radical (unpaired) electrons. The minimum atomic E-state index is -0.523. The van der Waals surface area contributed by atoms with Crippen LogP contribution in [0.15, 0.2) is 36.1 Å². The van der Waals surface area contributed by atoms with Gasteiger partial charge in [-0.3, -0.25) is 9.69 Å². The summed E-state index contributed by atoms with van der Waals surface area (Å²) >= 11 is 0. The van der Waals surface area contributed by atoms with Gasteiger partial charge in [-0.1, -0.05) is 18.2 Å². The predicted molar refractivity (Wildman–Crippen MR) is 99.0 cm³/mol. The fourth-order valence-corrected chi connectivity index (χ4v) is 5.77. The lowest BCUT2D eigenvalue weighted by Crippen LogP contribution is -2.56. The zero-order valence-electron chi connectivity index (χ0n) is 15.6. The van der Waals surface area contributed by atoms with Crippen LogP contribution in [0.25, 0.3) is 0 Å². The van der Waals surface area contributed by atoms with Crippen LogP contribution in [0, 0.1) is 11.8 Å². The van der Waals surface area contributed by atoms with E-state index in [1.54, 1.807) is 6.26 Å². The Morgan fingerprint density at radius 2 is 2.19 bits per heavy atom. The van der Waals surface area contributed by atoms with E-state index in [1.807, 2.05) is 18.2 Å². The molecule has 5 rings (SSSR count). The molecule has 0 bridgehead atoms. The Morgan fingerprint density at radius 1 is 1.37 bits per heavy atom. The van der Waals surface area contributed by atoms with Crippen molar-refractivity contribution in [3.63, 3.8) is 0 Å². The lowest BCUT2D eigenvalue weighted by molar-refractivity contribution is -0.139. The number of methoxy groups -OCH3 is 1. The Morgan fingerprint density at radius 3 is 3.00 bits per heavy atom. The number of esters is 1. The number of para-hydroxylation sites is 1. The molecule has 4 unspecified atom stereocenters. The molecule has 6 nitrogen and oxygen atoms in total. The number of fused-ring (bicyclic) bond motifs is 5. The largest absolute Gasteiger partial charge is 0.497 e. The van der Waals surface area contributed by atoms with Gasteiger partial charge in [0.25, 0.3) is 0 Å². The number of rotatable bonds is 1. The van der Waals surface area contributed by atoms with Gasteiger partial charge in [0.1, 0.15) is 0 Å². The number of ether oxygens (including phenoxy) is 2. The first-order valence-electron chi connectivity index (χ1n) is 9.65. The number of benzene rings is 1. The third-order valence-corrected chi connectivity index (χ3v) is 7.14. The molecule has 4 heterocycles. The highest BCUT2D eigenvalue weighted by molar-refractivity contribution is 6.07. The molecule has 142 valence electrons. The molecule has 1 aromatic rings. The third kappa shape index (κ3) is 2.16. The van der Waals surface area contributed by atoms with Crippen molar-refractivity contribution in [2.75, 3.05) is 25.5 Å². The maximum atomic E-state index is 13.1. The Hall–Kier alpha value is -2.34. The van der Waals surface area contributed by atoms with E-state index >= 15 is 0 Å². The van der Waals surface area contributed by atoms with Crippen molar-refractivity contribution in [1.82, 2.24) is 4.90 Å². The van der Waals surface area contributed by atoms with Gasteiger partial charge in [-0.2, -0.15) is 0 Å². The molecule has 0 aliphatic carbocycles. The molecular formula is C21H24N2O4. The Kier molecular flexibility index (Phi) is 3.63. The molecule has 5 atom stereocenters. The van der Waals surface area contributed by atoms with Crippen molar-refractivity contribution in [3.8, 4) is 0 Å². The molecular weight excluding hydrogens is 344 g/mol. The van der Waals surface area contributed by atoms with E-state index < -0.39 is 5.41 Å². The van der Waals surface area contributed by atoms with Crippen LogP contribution in [0.5, 0.6) is 0 Å². The van der Waals surface area contributed by atoms with E-state index in [-0.39, 0.29) is 35.9 Å². The molecule has 1 amide bonds. The number of hydrogen-bond donors (Lipinski definition) is 1. The van der Waals surface area contributed by atoms with E-state index in [9.17, 15) is 9.59 Å². The van der Waals surface area contributed by atoms with Crippen LogP contribution in [0.3, 0.4) is 0 Å². The second kappa shape index (κ2) is 5.83. The normalized spacial score (nSPS) is 37.0. The number of anilines is 1. The number of piperidine rings is 1. The van der Waals surface area contributed by atoms with Gasteiger partial charge in [-0.25, -0.2) is 4.79 Å². The van der Waals surface area contributed by atoms with Crippen molar-refractivity contribution >= 4 is 17.6 Å². The quantitative estimate of drug-likeness (QED) is 0.769. The monoisotopic (exact) mass is 368 g/mol. The molecule has 6 heteroatoms. The molecule has 27 heavy (non-hydrogen) atoms. The maximum absolute atomic E-state index is 13.1. The molecule has 2 fully saturated rings. The summed E-state index contributed by atoms with van der Waals surface area (Å²) in [5, 5.41) is 3.09. The van der Waals surface area contributed by atoms with Gasteiger partial charge < -0.3 is 14.8 Å². The summed E-state index contributed by atoms with van der Waals surface area (Å²) in [6.07, 6.45) is 3.20. The van der Waals surface area contributed by atoms with Crippen LogP contribution in [0.1, 0.15) is 25.3 Å². The highest BCUT2D eigenvalue weighted by Gasteiger charge is 2.61. The van der Waals surface area contributed by atoms with Crippen LogP contribution in [0.2, 0.25) is 0 Å². The summed E-state index contributed by atoms with van der Waals surface area (Å²) in [7, 11) is 1.41. The lowest BCUT2D eigenvalue weighted by Gasteiger charge is -2.48. The predicted octanol–water partition coefficient (Wildman–Crippen LogP) is 2.06. The number of carbonyl (C=O) groups is 2. The Balaban J connectivity index is 1.55. The van der Waals surface area contributed by atoms with Crippen molar-refractivity contribution in [3.05, 3.63) is 41.7 Å². The minimum absolute atomic E-state index is 0.0468. The van der Waals surface area contributed by atoms with Crippen LogP contribution < -0.4 is 5.32 Å². The van der Waals surface area contributed by atoms with Gasteiger partial charge in [0.05, 0.1) is 30.5 Å². The van der Waals surface area contributed by atoms with E-state index in [1.165, 1.54) is 7.11 Å². The third-order valence-electron chi connectivity index (χ3n) is 7.14. The average Bonchev–Trinajstić information content (AvgIpc) is 3.20. The second-order valence-electron chi connectivity index (χ2n) is 8.14. The van der Waals surface area contributed by atoms with Crippen LogP contribution in [0.4, 0.5) is 5.69 Å². The smallest absolute Gasteiger partial charge is 0.337 e. The van der Waals surface area contributed by atoms with E-state index in [0.29, 0.717) is 5.57 Å². The highest BCUT2D eigenvalue weighted by Crippen LogP contribution is 2.53. The van der Waals surface area contributed by atoms with Crippen molar-refractivity contribution < 1.29 is 19.1 Å². The van der Waals surface area contributed by atoms with Gasteiger partial charge in [0.15, 0.2) is 0 Å². The van der Waals surface area contributed by atoms with Crippen molar-refractivity contribution in [1.29, 1.82) is 0 Å². The molecule has 4 aliphatic rings. The first kappa shape index (κ1) is 16.8. The van der Waals surface area contributed by atoms with Gasteiger partial charge in [-0.15, -0.1) is 0 Å². The molecule has 2 saturated heterocycles. The topological polar surface area (TPSA) is 67.9 Å². The van der Waals surface area contributed by atoms with Gasteiger partial charge in [0.2, 0.25) is 5.91 Å². The second-order valence-corrected chi connectivity index (χ2v) is 8.14. The van der Waals surface area contributed by atoms with Crippen LogP contribution in [-0.2, 0) is 24.5 Å². The van der Waals surface area contributed by atoms with E-state index in [0.717, 1.165) is 37.2 Å². The van der Waals surface area contributed by atoms with Crippen LogP contribution >= 0.6 is 0 Å². The molecule has 4 aliphatic heterocycles. The minimum Gasteiger partial charge on any atom is -0.497 e. The van der Waals surface area contributed by atoms with Crippen LogP contribution in [-0.4, -0.2) is 49.1 Å². The average molecular weight is 368 g/mol. The van der Waals surface area contributed by atoms with Crippen molar-refractivity contribution in [2.24, 2.45) is 11.8 Å². The zero-order chi connectivity index (χ0) is 18.8. The maximum Gasteiger partial charge on any atom is 0.337 e. The zero-order valence-corrected chi connectivity index (χ0v) is 15.6. The first-order chi connectivity index (χ1) is 13.1. The molecule has 0 saturated carbocycles. The molecule has 0 aromatic heterocycles. The standard InChI is InChI=1S/C21H24N2O4/c1-12-14-10-23-8-7-21(16-5-3-4-6-17(16)22-20(21)25)18(23)9-13(14)15(11-27-12)19(24)26-2/h3-6,11-14,18H,7-10H2,1-2H3,(H,22,25)/t12?,13?,14-,18?,21?/m1/s1. The Bertz CT molecular complexity index is 850. The number of amides is 1. The number of hydrogen-bond acceptors (Lipinski definition) is 5. The summed E-state index contributed by atoms with van der Waals surface area (Å²) < 4.78 is 10.8. The SMILES string of the molecule is COC(=O)C1=COC(C)[C@H]2CN3CCC4(C(=O)Nc5ccccc54)C3CC12. The lowest BCUT2D eigenvalue weighted by atomic mass is 9.66. The highest BCUT2D eigenvalue weighted by atomic mass is 16.5. The molecule has 1 aromatic carbocycles. The summed E-state index contributed by atoms with van der Waals surface area (Å²) in [4.78, 5) is 27.9. The van der Waals surface area contributed by atoms with Gasteiger partial charge in [0, 0.05) is 30.1 Å². The van der Waals surface area contributed by atoms with Crippen molar-refractivity contribution in [2.45, 2.75) is 37.3 Å². The number of nitrogens with zero attached hydrogens (tertiary/aromatic N) is 1. The number of nitrogens with one attached hydrogen (secondary N) is 1. The summed E-state index contributed by atoms with van der Waals surface area (Å²) in [6, 6.07) is 8.10. The fraction of sp³-hybridized carbons (Fsp3) is 0.524.